The van der Waals surface area contributed by atoms with Crippen LogP contribution in [0.2, 0.25) is 0 Å². The van der Waals surface area contributed by atoms with E-state index in [9.17, 15) is 9.59 Å². The Labute approximate surface area is 105 Å². The third kappa shape index (κ3) is 3.83. The molecule has 0 aromatic carbocycles. The number of carboxylic acid groups (broad SMARTS) is 1. The molecule has 0 saturated carbocycles. The zero-order valence-corrected chi connectivity index (χ0v) is 10.7. The maximum absolute atomic E-state index is 11.8. The van der Waals surface area contributed by atoms with Gasteiger partial charge in [0, 0.05) is 13.0 Å². The predicted molar refractivity (Wildman–Crippen MR) is 63.7 cm³/mol. The summed E-state index contributed by atoms with van der Waals surface area (Å²) in [6.45, 7) is 5.50. The molecule has 0 fully saturated rings. The fourth-order valence-electron chi connectivity index (χ4n) is 1.63. The van der Waals surface area contributed by atoms with Gasteiger partial charge in [-0.15, -0.1) is 0 Å². The molecule has 1 aromatic rings. The molecule has 0 aliphatic rings. The van der Waals surface area contributed by atoms with Crippen molar-refractivity contribution in [1.29, 1.82) is 0 Å². The second-order valence-corrected chi connectivity index (χ2v) is 5.11. The summed E-state index contributed by atoms with van der Waals surface area (Å²) >= 11 is 0. The van der Waals surface area contributed by atoms with E-state index in [-0.39, 0.29) is 0 Å². The van der Waals surface area contributed by atoms with E-state index in [1.165, 1.54) is 6.33 Å². The Hall–Kier alpha value is -1.92. The Kier molecular flexibility index (Phi) is 4.41. The van der Waals surface area contributed by atoms with E-state index in [0.717, 1.165) is 0 Å². The quantitative estimate of drug-likeness (QED) is 0.651. The summed E-state index contributed by atoms with van der Waals surface area (Å²) in [4.78, 5) is 26.8. The summed E-state index contributed by atoms with van der Waals surface area (Å²) in [7, 11) is 0. The maximum Gasteiger partial charge on any atom is 0.316 e. The molecule has 0 spiro atoms. The zero-order chi connectivity index (χ0) is 13.8. The van der Waals surface area contributed by atoms with Crippen molar-refractivity contribution >= 4 is 11.9 Å². The number of amides is 1. The Morgan fingerprint density at radius 3 is 2.61 bits per heavy atom. The molecule has 1 atom stereocenters. The summed E-state index contributed by atoms with van der Waals surface area (Å²) < 4.78 is 0. The number of rotatable bonds is 5. The third-order valence-corrected chi connectivity index (χ3v) is 2.50. The van der Waals surface area contributed by atoms with Crippen LogP contribution in [0.15, 0.2) is 6.33 Å². The SMILES string of the molecule is CC(C)(C)C(C(=O)O)C(=O)NCCc1ncn[nH]1. The van der Waals surface area contributed by atoms with Crippen molar-refractivity contribution in [3.05, 3.63) is 12.2 Å². The molecule has 1 aromatic heterocycles. The van der Waals surface area contributed by atoms with E-state index < -0.39 is 23.2 Å². The molecular weight excluding hydrogens is 236 g/mol. The van der Waals surface area contributed by atoms with Crippen LogP contribution in [-0.2, 0) is 16.0 Å². The number of aromatic amines is 1. The average Bonchev–Trinajstić information content (AvgIpc) is 2.67. The first-order valence-corrected chi connectivity index (χ1v) is 5.67. The molecule has 1 heterocycles. The van der Waals surface area contributed by atoms with E-state index in [1.807, 2.05) is 0 Å². The van der Waals surface area contributed by atoms with Crippen LogP contribution in [0, 0.1) is 11.3 Å². The van der Waals surface area contributed by atoms with Gasteiger partial charge in [-0.05, 0) is 5.41 Å². The number of hydrogen-bond donors (Lipinski definition) is 3. The predicted octanol–water partition coefficient (Wildman–Crippen LogP) is 0.210. The van der Waals surface area contributed by atoms with Crippen LogP contribution in [-0.4, -0.2) is 38.7 Å². The number of aromatic nitrogens is 3. The molecule has 0 radical (unpaired) electrons. The Bertz CT molecular complexity index is 408. The summed E-state index contributed by atoms with van der Waals surface area (Å²) in [5.41, 5.74) is -0.623. The van der Waals surface area contributed by atoms with Crippen LogP contribution < -0.4 is 5.32 Å². The van der Waals surface area contributed by atoms with Gasteiger partial charge in [0.15, 0.2) is 0 Å². The lowest BCUT2D eigenvalue weighted by Gasteiger charge is -2.25. The largest absolute Gasteiger partial charge is 0.481 e. The van der Waals surface area contributed by atoms with Crippen molar-refractivity contribution in [3.8, 4) is 0 Å². The molecule has 0 aliphatic heterocycles. The molecule has 100 valence electrons. The van der Waals surface area contributed by atoms with Gasteiger partial charge in [0.2, 0.25) is 5.91 Å². The highest BCUT2D eigenvalue weighted by Crippen LogP contribution is 2.26. The lowest BCUT2D eigenvalue weighted by atomic mass is 9.80. The molecule has 7 nitrogen and oxygen atoms in total. The average molecular weight is 254 g/mol. The van der Waals surface area contributed by atoms with Crippen LogP contribution in [0.3, 0.4) is 0 Å². The van der Waals surface area contributed by atoms with Gasteiger partial charge >= 0.3 is 5.97 Å². The van der Waals surface area contributed by atoms with Crippen molar-refractivity contribution in [2.75, 3.05) is 6.54 Å². The van der Waals surface area contributed by atoms with Crippen LogP contribution in [0.1, 0.15) is 26.6 Å². The van der Waals surface area contributed by atoms with E-state index >= 15 is 0 Å². The number of nitrogens with zero attached hydrogens (tertiary/aromatic N) is 2. The van der Waals surface area contributed by atoms with Gasteiger partial charge in [-0.1, -0.05) is 20.8 Å². The normalized spacial score (nSPS) is 13.1. The van der Waals surface area contributed by atoms with Gasteiger partial charge in [0.05, 0.1) is 0 Å². The number of carbonyl (C=O) groups excluding carboxylic acids is 1. The maximum atomic E-state index is 11.8. The molecule has 0 saturated heterocycles. The van der Waals surface area contributed by atoms with Crippen LogP contribution in [0.25, 0.3) is 0 Å². The van der Waals surface area contributed by atoms with Crippen molar-refractivity contribution in [1.82, 2.24) is 20.5 Å². The van der Waals surface area contributed by atoms with Crippen molar-refractivity contribution < 1.29 is 14.7 Å². The van der Waals surface area contributed by atoms with Crippen molar-refractivity contribution in [3.63, 3.8) is 0 Å². The highest BCUT2D eigenvalue weighted by atomic mass is 16.4. The van der Waals surface area contributed by atoms with Crippen LogP contribution in [0.5, 0.6) is 0 Å². The summed E-state index contributed by atoms with van der Waals surface area (Å²) in [5, 5.41) is 18.0. The summed E-state index contributed by atoms with van der Waals surface area (Å²) in [5.74, 6) is -2.00. The Morgan fingerprint density at radius 2 is 2.17 bits per heavy atom. The van der Waals surface area contributed by atoms with E-state index in [4.69, 9.17) is 5.11 Å². The van der Waals surface area contributed by atoms with Gasteiger partial charge < -0.3 is 10.4 Å². The minimum absolute atomic E-state index is 0.327. The highest BCUT2D eigenvalue weighted by molar-refractivity contribution is 5.97. The fraction of sp³-hybridized carbons (Fsp3) is 0.636. The number of hydrogen-bond acceptors (Lipinski definition) is 4. The number of H-pyrrole nitrogens is 1. The van der Waals surface area contributed by atoms with E-state index in [0.29, 0.717) is 18.8 Å². The number of aliphatic carboxylic acids is 1. The smallest absolute Gasteiger partial charge is 0.316 e. The first kappa shape index (κ1) is 14.1. The first-order chi connectivity index (χ1) is 8.32. The molecule has 0 aliphatic carbocycles. The number of carboxylic acids is 1. The standard InChI is InChI=1S/C11H18N4O3/c1-11(2,3)8(10(17)18)9(16)12-5-4-7-13-6-14-15-7/h6,8H,4-5H2,1-3H3,(H,12,16)(H,17,18)(H,13,14,15). The minimum Gasteiger partial charge on any atom is -0.481 e. The Morgan fingerprint density at radius 1 is 1.50 bits per heavy atom. The topological polar surface area (TPSA) is 108 Å². The monoisotopic (exact) mass is 254 g/mol. The molecular formula is C11H18N4O3. The first-order valence-electron chi connectivity index (χ1n) is 5.67. The molecule has 1 rings (SSSR count). The van der Waals surface area contributed by atoms with E-state index in [2.05, 4.69) is 20.5 Å². The van der Waals surface area contributed by atoms with Gasteiger partial charge in [-0.3, -0.25) is 14.7 Å². The van der Waals surface area contributed by atoms with Crippen molar-refractivity contribution in [2.24, 2.45) is 11.3 Å². The minimum atomic E-state index is -1.11. The second-order valence-electron chi connectivity index (χ2n) is 5.11. The van der Waals surface area contributed by atoms with Gasteiger partial charge in [0.25, 0.3) is 0 Å². The molecule has 7 heteroatoms. The zero-order valence-electron chi connectivity index (χ0n) is 10.7. The lowest BCUT2D eigenvalue weighted by Crippen LogP contribution is -2.43. The summed E-state index contributed by atoms with van der Waals surface area (Å²) in [6, 6.07) is 0. The second kappa shape index (κ2) is 5.61. The van der Waals surface area contributed by atoms with Crippen molar-refractivity contribution in [2.45, 2.75) is 27.2 Å². The fourth-order valence-corrected chi connectivity index (χ4v) is 1.63. The lowest BCUT2D eigenvalue weighted by molar-refractivity contribution is -0.151. The van der Waals surface area contributed by atoms with Gasteiger partial charge in [-0.2, -0.15) is 5.10 Å². The number of carbonyl (C=O) groups is 2. The molecule has 1 unspecified atom stereocenters. The highest BCUT2D eigenvalue weighted by Gasteiger charge is 2.37. The number of nitrogens with one attached hydrogen (secondary N) is 2. The summed E-state index contributed by atoms with van der Waals surface area (Å²) in [6.07, 6.45) is 1.87. The van der Waals surface area contributed by atoms with Gasteiger partial charge in [-0.25, -0.2) is 4.98 Å². The Balaban J connectivity index is 2.50. The van der Waals surface area contributed by atoms with E-state index in [1.54, 1.807) is 20.8 Å². The van der Waals surface area contributed by atoms with Gasteiger partial charge in [0.1, 0.15) is 18.1 Å². The van der Waals surface area contributed by atoms with Crippen LogP contribution >= 0.6 is 0 Å². The third-order valence-electron chi connectivity index (χ3n) is 2.50. The molecule has 0 bridgehead atoms. The van der Waals surface area contributed by atoms with Crippen LogP contribution in [0.4, 0.5) is 0 Å². The molecule has 3 N–H and O–H groups in total. The molecule has 1 amide bonds. The molecule has 18 heavy (non-hydrogen) atoms.